The predicted molar refractivity (Wildman–Crippen MR) is 79.4 cm³/mol. The van der Waals surface area contributed by atoms with E-state index in [9.17, 15) is 14.9 Å². The van der Waals surface area contributed by atoms with E-state index in [0.29, 0.717) is 44.9 Å². The molecule has 8 heteroatoms. The second-order valence-electron chi connectivity index (χ2n) is 5.54. The third-order valence-corrected chi connectivity index (χ3v) is 4.25. The van der Waals surface area contributed by atoms with E-state index >= 15 is 0 Å². The molecule has 2 fully saturated rings. The second-order valence-corrected chi connectivity index (χ2v) is 5.54. The number of nitrogens with zero attached hydrogens (tertiary/aromatic N) is 2. The maximum atomic E-state index is 12.7. The molecule has 3 rings (SSSR count). The fraction of sp³-hybridized carbons (Fsp3) is 0.533. The van der Waals surface area contributed by atoms with E-state index in [1.807, 2.05) is 0 Å². The largest absolute Gasteiger partial charge is 0.496 e. The van der Waals surface area contributed by atoms with Gasteiger partial charge in [-0.05, 0) is 6.07 Å². The first kappa shape index (κ1) is 15.7. The van der Waals surface area contributed by atoms with Gasteiger partial charge in [0.05, 0.1) is 30.8 Å². The van der Waals surface area contributed by atoms with Crippen LogP contribution in [0.25, 0.3) is 0 Å². The van der Waals surface area contributed by atoms with Crippen molar-refractivity contribution in [2.45, 2.75) is 18.6 Å². The SMILES string of the molecule is COc1ccc([N+](=O)[O-])cc1C(=O)N1CCC2(CC1)OCCO2. The lowest BCUT2D eigenvalue weighted by Crippen LogP contribution is -2.47. The maximum Gasteiger partial charge on any atom is 0.270 e. The van der Waals surface area contributed by atoms with E-state index in [4.69, 9.17) is 14.2 Å². The van der Waals surface area contributed by atoms with Crippen molar-refractivity contribution >= 4 is 11.6 Å². The van der Waals surface area contributed by atoms with Crippen LogP contribution in [0.1, 0.15) is 23.2 Å². The molecule has 8 nitrogen and oxygen atoms in total. The highest BCUT2D eigenvalue weighted by atomic mass is 16.7. The molecule has 0 bridgehead atoms. The van der Waals surface area contributed by atoms with Crippen molar-refractivity contribution in [3.8, 4) is 5.75 Å². The Labute approximate surface area is 133 Å². The van der Waals surface area contributed by atoms with E-state index in [1.54, 1.807) is 4.90 Å². The molecule has 0 N–H and O–H groups in total. The predicted octanol–water partition coefficient (Wildman–Crippen LogP) is 1.58. The number of benzene rings is 1. The van der Waals surface area contributed by atoms with Crippen molar-refractivity contribution in [1.29, 1.82) is 0 Å². The maximum absolute atomic E-state index is 12.7. The molecule has 2 aliphatic rings. The van der Waals surface area contributed by atoms with E-state index in [1.165, 1.54) is 25.3 Å². The molecule has 0 unspecified atom stereocenters. The normalized spacial score (nSPS) is 19.8. The number of piperidine rings is 1. The third-order valence-electron chi connectivity index (χ3n) is 4.25. The Hall–Kier alpha value is -2.19. The summed E-state index contributed by atoms with van der Waals surface area (Å²) in [7, 11) is 1.43. The monoisotopic (exact) mass is 322 g/mol. The fourth-order valence-corrected chi connectivity index (χ4v) is 2.98. The van der Waals surface area contributed by atoms with Gasteiger partial charge in [0.25, 0.3) is 11.6 Å². The summed E-state index contributed by atoms with van der Waals surface area (Å²) in [5.41, 5.74) is 0.0657. The molecule has 0 saturated carbocycles. The molecular weight excluding hydrogens is 304 g/mol. The molecule has 1 aromatic rings. The fourth-order valence-electron chi connectivity index (χ4n) is 2.98. The van der Waals surface area contributed by atoms with Gasteiger partial charge >= 0.3 is 0 Å². The number of likely N-dealkylation sites (tertiary alicyclic amines) is 1. The van der Waals surface area contributed by atoms with Gasteiger partial charge in [0, 0.05) is 38.1 Å². The minimum absolute atomic E-state index is 0.134. The van der Waals surface area contributed by atoms with Gasteiger partial charge in [0.1, 0.15) is 5.75 Å². The number of nitro groups is 1. The van der Waals surface area contributed by atoms with Crippen LogP contribution in [0.5, 0.6) is 5.75 Å². The van der Waals surface area contributed by atoms with Gasteiger partial charge in [-0.2, -0.15) is 0 Å². The van der Waals surface area contributed by atoms with Crippen LogP contribution in [0, 0.1) is 10.1 Å². The van der Waals surface area contributed by atoms with Gasteiger partial charge in [-0.15, -0.1) is 0 Å². The van der Waals surface area contributed by atoms with Gasteiger partial charge in [-0.3, -0.25) is 14.9 Å². The van der Waals surface area contributed by atoms with Crippen LogP contribution in [0.4, 0.5) is 5.69 Å². The molecule has 1 aromatic carbocycles. The molecule has 2 saturated heterocycles. The highest BCUT2D eigenvalue weighted by molar-refractivity contribution is 5.97. The van der Waals surface area contributed by atoms with E-state index in [0.717, 1.165) is 0 Å². The first-order valence-corrected chi connectivity index (χ1v) is 7.44. The van der Waals surface area contributed by atoms with Crippen LogP contribution in [0.15, 0.2) is 18.2 Å². The first-order valence-electron chi connectivity index (χ1n) is 7.44. The molecule has 2 aliphatic heterocycles. The summed E-state index contributed by atoms with van der Waals surface area (Å²) in [6, 6.07) is 4.02. The minimum Gasteiger partial charge on any atom is -0.496 e. The smallest absolute Gasteiger partial charge is 0.270 e. The Bertz CT molecular complexity index is 616. The lowest BCUT2D eigenvalue weighted by atomic mass is 10.0. The highest BCUT2D eigenvalue weighted by Crippen LogP contribution is 2.33. The standard InChI is InChI=1S/C15H18N2O6/c1-21-13-3-2-11(17(19)20)10-12(13)14(18)16-6-4-15(5-7-16)22-8-9-23-15/h2-3,10H,4-9H2,1H3. The number of carbonyl (C=O) groups excluding carboxylic acids is 1. The molecule has 0 aliphatic carbocycles. The number of hydrogen-bond donors (Lipinski definition) is 0. The number of rotatable bonds is 3. The van der Waals surface area contributed by atoms with E-state index < -0.39 is 10.7 Å². The minimum atomic E-state index is -0.566. The molecule has 2 heterocycles. The van der Waals surface area contributed by atoms with E-state index in [-0.39, 0.29) is 17.2 Å². The van der Waals surface area contributed by atoms with Gasteiger partial charge < -0.3 is 19.1 Å². The Morgan fingerprint density at radius 3 is 2.52 bits per heavy atom. The summed E-state index contributed by atoms with van der Waals surface area (Å²) in [4.78, 5) is 24.8. The Morgan fingerprint density at radius 2 is 1.96 bits per heavy atom. The Kier molecular flexibility index (Phi) is 4.18. The zero-order chi connectivity index (χ0) is 16.4. The number of non-ortho nitro benzene ring substituents is 1. The van der Waals surface area contributed by atoms with Crippen molar-refractivity contribution in [2.24, 2.45) is 0 Å². The van der Waals surface area contributed by atoms with Crippen molar-refractivity contribution in [3.63, 3.8) is 0 Å². The van der Waals surface area contributed by atoms with Gasteiger partial charge in [0.15, 0.2) is 5.79 Å². The van der Waals surface area contributed by atoms with Gasteiger partial charge in [-0.25, -0.2) is 0 Å². The van der Waals surface area contributed by atoms with Crippen molar-refractivity contribution in [2.75, 3.05) is 33.4 Å². The number of carbonyl (C=O) groups is 1. The molecule has 0 atom stereocenters. The lowest BCUT2D eigenvalue weighted by Gasteiger charge is -2.37. The number of hydrogen-bond acceptors (Lipinski definition) is 6. The first-order chi connectivity index (χ1) is 11.0. The molecule has 0 radical (unpaired) electrons. The van der Waals surface area contributed by atoms with Crippen LogP contribution in [-0.2, 0) is 9.47 Å². The topological polar surface area (TPSA) is 91.1 Å². The number of amides is 1. The summed E-state index contributed by atoms with van der Waals surface area (Å²) in [6.45, 7) is 2.11. The Balaban J connectivity index is 1.78. The average Bonchev–Trinajstić information content (AvgIpc) is 3.02. The zero-order valence-electron chi connectivity index (χ0n) is 12.8. The summed E-state index contributed by atoms with van der Waals surface area (Å²) < 4.78 is 16.4. The number of ether oxygens (including phenoxy) is 3. The highest BCUT2D eigenvalue weighted by Gasteiger charge is 2.41. The van der Waals surface area contributed by atoms with Crippen LogP contribution >= 0.6 is 0 Å². The van der Waals surface area contributed by atoms with E-state index in [2.05, 4.69) is 0 Å². The lowest BCUT2D eigenvalue weighted by molar-refractivity contribution is -0.384. The quantitative estimate of drug-likeness (QED) is 0.620. The van der Waals surface area contributed by atoms with Crippen molar-refractivity contribution in [1.82, 2.24) is 4.90 Å². The van der Waals surface area contributed by atoms with Crippen molar-refractivity contribution < 1.29 is 23.9 Å². The number of nitro benzene ring substituents is 1. The third kappa shape index (κ3) is 2.99. The molecule has 124 valence electrons. The van der Waals surface area contributed by atoms with Crippen LogP contribution < -0.4 is 4.74 Å². The summed E-state index contributed by atoms with van der Waals surface area (Å²) >= 11 is 0. The van der Waals surface area contributed by atoms with Crippen LogP contribution in [0.2, 0.25) is 0 Å². The van der Waals surface area contributed by atoms with Crippen molar-refractivity contribution in [3.05, 3.63) is 33.9 Å². The average molecular weight is 322 g/mol. The van der Waals surface area contributed by atoms with Gasteiger partial charge in [-0.1, -0.05) is 0 Å². The molecule has 1 spiro atoms. The van der Waals surface area contributed by atoms with Gasteiger partial charge in [0.2, 0.25) is 0 Å². The molecule has 1 amide bonds. The van der Waals surface area contributed by atoms with Crippen LogP contribution in [0.3, 0.4) is 0 Å². The zero-order valence-corrected chi connectivity index (χ0v) is 12.8. The Morgan fingerprint density at radius 1 is 1.30 bits per heavy atom. The molecule has 23 heavy (non-hydrogen) atoms. The van der Waals surface area contributed by atoms with Crippen LogP contribution in [-0.4, -0.2) is 54.9 Å². The molecule has 0 aromatic heterocycles. The summed E-state index contributed by atoms with van der Waals surface area (Å²) in [5.74, 6) is -0.517. The second kappa shape index (κ2) is 6.13. The summed E-state index contributed by atoms with van der Waals surface area (Å²) in [5, 5.41) is 10.9. The number of methoxy groups -OCH3 is 1. The summed E-state index contributed by atoms with van der Waals surface area (Å²) in [6.07, 6.45) is 1.19. The molecular formula is C15H18N2O6.